The van der Waals surface area contributed by atoms with Gasteiger partial charge in [-0.1, -0.05) is 13.0 Å². The van der Waals surface area contributed by atoms with Crippen LogP contribution in [0.1, 0.15) is 31.7 Å². The Kier molecular flexibility index (Phi) is 5.57. The maximum Gasteiger partial charge on any atom is 0.164 e. The van der Waals surface area contributed by atoms with Gasteiger partial charge in [0, 0.05) is 6.54 Å². The predicted octanol–water partition coefficient (Wildman–Crippen LogP) is 2.16. The van der Waals surface area contributed by atoms with E-state index in [0.717, 1.165) is 24.4 Å². The van der Waals surface area contributed by atoms with Gasteiger partial charge in [-0.2, -0.15) is 5.10 Å². The molecule has 0 amide bonds. The van der Waals surface area contributed by atoms with Crippen LogP contribution in [0.2, 0.25) is 0 Å². The molecule has 2 rings (SSSR count). The Balaban J connectivity index is 2.09. The lowest BCUT2D eigenvalue weighted by Crippen LogP contribution is -2.09. The van der Waals surface area contributed by atoms with E-state index in [1.807, 2.05) is 17.7 Å². The molecule has 0 bridgehead atoms. The van der Waals surface area contributed by atoms with Crippen molar-refractivity contribution in [2.24, 2.45) is 0 Å². The van der Waals surface area contributed by atoms with Crippen LogP contribution in [-0.4, -0.2) is 26.5 Å². The minimum absolute atomic E-state index is 0.0226. The number of aliphatic hydroxyl groups excluding tert-OH is 1. The van der Waals surface area contributed by atoms with Crippen LogP contribution < -0.4 is 9.47 Å². The van der Waals surface area contributed by atoms with Gasteiger partial charge >= 0.3 is 0 Å². The standard InChI is InChI=1S/C15H21N3O3/c1-3-7-18-15(16-11-17-18)10-21-13-6-5-12(9-19)8-14(13)20-4-2/h5-6,8,11,19H,3-4,7,9-10H2,1-2H3. The minimum Gasteiger partial charge on any atom is -0.490 e. The summed E-state index contributed by atoms with van der Waals surface area (Å²) in [7, 11) is 0. The molecule has 0 fully saturated rings. The first-order valence-corrected chi connectivity index (χ1v) is 7.14. The second-order valence-electron chi connectivity index (χ2n) is 4.56. The van der Waals surface area contributed by atoms with Crippen LogP contribution in [0.5, 0.6) is 11.5 Å². The second-order valence-corrected chi connectivity index (χ2v) is 4.56. The first-order chi connectivity index (χ1) is 10.3. The highest BCUT2D eigenvalue weighted by molar-refractivity contribution is 5.42. The van der Waals surface area contributed by atoms with E-state index >= 15 is 0 Å². The van der Waals surface area contributed by atoms with Crippen molar-refractivity contribution >= 4 is 0 Å². The van der Waals surface area contributed by atoms with Gasteiger partial charge in [-0.15, -0.1) is 0 Å². The van der Waals surface area contributed by atoms with Gasteiger partial charge in [-0.3, -0.25) is 0 Å². The number of hydrogen-bond acceptors (Lipinski definition) is 5. The highest BCUT2D eigenvalue weighted by Crippen LogP contribution is 2.29. The van der Waals surface area contributed by atoms with Crippen LogP contribution in [0.15, 0.2) is 24.5 Å². The summed E-state index contributed by atoms with van der Waals surface area (Å²) in [5.74, 6) is 2.05. The van der Waals surface area contributed by atoms with Crippen molar-refractivity contribution in [1.29, 1.82) is 0 Å². The van der Waals surface area contributed by atoms with E-state index in [4.69, 9.17) is 9.47 Å². The van der Waals surface area contributed by atoms with Crippen molar-refractivity contribution in [2.45, 2.75) is 40.0 Å². The van der Waals surface area contributed by atoms with Gasteiger partial charge in [0.15, 0.2) is 17.3 Å². The molecule has 6 heteroatoms. The Morgan fingerprint density at radius 1 is 1.19 bits per heavy atom. The molecule has 0 aliphatic heterocycles. The van der Waals surface area contributed by atoms with Crippen LogP contribution in [0, 0.1) is 0 Å². The molecule has 0 aliphatic rings. The maximum absolute atomic E-state index is 9.18. The first-order valence-electron chi connectivity index (χ1n) is 7.14. The van der Waals surface area contributed by atoms with Crippen molar-refractivity contribution in [3.8, 4) is 11.5 Å². The molecular weight excluding hydrogens is 270 g/mol. The van der Waals surface area contributed by atoms with Crippen LogP contribution in [0.25, 0.3) is 0 Å². The van der Waals surface area contributed by atoms with Crippen molar-refractivity contribution in [1.82, 2.24) is 14.8 Å². The Labute approximate surface area is 124 Å². The molecule has 0 atom stereocenters. The summed E-state index contributed by atoms with van der Waals surface area (Å²) in [5.41, 5.74) is 0.792. The van der Waals surface area contributed by atoms with Gasteiger partial charge in [-0.25, -0.2) is 9.67 Å². The predicted molar refractivity (Wildman–Crippen MR) is 78.2 cm³/mol. The highest BCUT2D eigenvalue weighted by atomic mass is 16.5. The number of hydrogen-bond donors (Lipinski definition) is 1. The third-order valence-corrected chi connectivity index (χ3v) is 2.98. The van der Waals surface area contributed by atoms with E-state index < -0.39 is 0 Å². The molecule has 0 saturated carbocycles. The topological polar surface area (TPSA) is 69.4 Å². The van der Waals surface area contributed by atoms with Gasteiger partial charge in [0.05, 0.1) is 13.2 Å². The lowest BCUT2D eigenvalue weighted by Gasteiger charge is -2.13. The minimum atomic E-state index is -0.0226. The number of aliphatic hydroxyl groups is 1. The lowest BCUT2D eigenvalue weighted by atomic mass is 10.2. The van der Waals surface area contributed by atoms with E-state index in [1.54, 1.807) is 12.1 Å². The number of aromatic nitrogens is 3. The van der Waals surface area contributed by atoms with Gasteiger partial charge < -0.3 is 14.6 Å². The van der Waals surface area contributed by atoms with Gasteiger partial charge in [-0.05, 0) is 31.0 Å². The van der Waals surface area contributed by atoms with Gasteiger partial charge in [0.2, 0.25) is 0 Å². The van der Waals surface area contributed by atoms with E-state index in [1.165, 1.54) is 6.33 Å². The largest absolute Gasteiger partial charge is 0.490 e. The SMILES string of the molecule is CCCn1ncnc1COc1ccc(CO)cc1OCC. The number of nitrogens with zero attached hydrogens (tertiary/aromatic N) is 3. The Morgan fingerprint density at radius 2 is 2.05 bits per heavy atom. The fraction of sp³-hybridized carbons (Fsp3) is 0.467. The van der Waals surface area contributed by atoms with E-state index in [-0.39, 0.29) is 6.61 Å². The average molecular weight is 291 g/mol. The van der Waals surface area contributed by atoms with Crippen molar-refractivity contribution < 1.29 is 14.6 Å². The summed E-state index contributed by atoms with van der Waals surface area (Å²) in [6, 6.07) is 5.40. The Morgan fingerprint density at radius 3 is 2.76 bits per heavy atom. The first kappa shape index (κ1) is 15.3. The zero-order valence-electron chi connectivity index (χ0n) is 12.5. The molecule has 1 N–H and O–H groups in total. The van der Waals surface area contributed by atoms with Crippen LogP contribution in [0.4, 0.5) is 0 Å². The summed E-state index contributed by atoms with van der Waals surface area (Å²) in [6.07, 6.45) is 2.53. The molecular formula is C15H21N3O3. The summed E-state index contributed by atoms with van der Waals surface area (Å²) < 4.78 is 13.2. The summed E-state index contributed by atoms with van der Waals surface area (Å²) >= 11 is 0. The van der Waals surface area contributed by atoms with Crippen LogP contribution in [-0.2, 0) is 19.8 Å². The molecule has 21 heavy (non-hydrogen) atoms. The normalized spacial score (nSPS) is 10.6. The fourth-order valence-electron chi connectivity index (χ4n) is 1.98. The third-order valence-electron chi connectivity index (χ3n) is 2.98. The molecule has 2 aromatic rings. The van der Waals surface area contributed by atoms with E-state index in [2.05, 4.69) is 17.0 Å². The van der Waals surface area contributed by atoms with Crippen molar-refractivity contribution in [2.75, 3.05) is 6.61 Å². The molecule has 1 heterocycles. The molecule has 0 aliphatic carbocycles. The lowest BCUT2D eigenvalue weighted by molar-refractivity contribution is 0.254. The molecule has 6 nitrogen and oxygen atoms in total. The molecule has 114 valence electrons. The highest BCUT2D eigenvalue weighted by Gasteiger charge is 2.09. The smallest absolute Gasteiger partial charge is 0.164 e. The van der Waals surface area contributed by atoms with Crippen molar-refractivity contribution in [3.05, 3.63) is 35.9 Å². The summed E-state index contributed by atoms with van der Waals surface area (Å²) in [4.78, 5) is 4.21. The monoisotopic (exact) mass is 291 g/mol. The molecule has 0 unspecified atom stereocenters. The van der Waals surface area contributed by atoms with Crippen LogP contribution >= 0.6 is 0 Å². The summed E-state index contributed by atoms with van der Waals surface area (Å²) in [5, 5.41) is 13.3. The molecule has 1 aromatic carbocycles. The van der Waals surface area contributed by atoms with Gasteiger partial charge in [0.1, 0.15) is 12.9 Å². The number of aryl methyl sites for hydroxylation is 1. The van der Waals surface area contributed by atoms with Crippen molar-refractivity contribution in [3.63, 3.8) is 0 Å². The molecule has 1 aromatic heterocycles. The Hall–Kier alpha value is -2.08. The van der Waals surface area contributed by atoms with E-state index in [0.29, 0.717) is 24.7 Å². The average Bonchev–Trinajstić information content (AvgIpc) is 2.94. The van der Waals surface area contributed by atoms with E-state index in [9.17, 15) is 5.11 Å². The number of benzene rings is 1. The molecule has 0 radical (unpaired) electrons. The third kappa shape index (κ3) is 3.95. The zero-order valence-corrected chi connectivity index (χ0v) is 12.5. The van der Waals surface area contributed by atoms with Crippen LogP contribution in [0.3, 0.4) is 0 Å². The van der Waals surface area contributed by atoms with Gasteiger partial charge in [0.25, 0.3) is 0 Å². The zero-order chi connectivity index (χ0) is 15.1. The second kappa shape index (κ2) is 7.64. The molecule has 0 saturated heterocycles. The fourth-order valence-corrected chi connectivity index (χ4v) is 1.98. The molecule has 0 spiro atoms. The number of ether oxygens (including phenoxy) is 2. The quantitative estimate of drug-likeness (QED) is 0.807. The Bertz CT molecular complexity index is 569. The summed E-state index contributed by atoms with van der Waals surface area (Å²) in [6.45, 7) is 5.67. The number of rotatable bonds is 8. The maximum atomic E-state index is 9.18.